The van der Waals surface area contributed by atoms with Gasteiger partial charge in [0.25, 0.3) is 0 Å². The van der Waals surface area contributed by atoms with Crippen molar-refractivity contribution in [1.82, 2.24) is 5.32 Å². The normalized spacial score (nSPS) is 26.3. The number of ether oxygens (including phenoxy) is 3. The van der Waals surface area contributed by atoms with Crippen LogP contribution in [0.3, 0.4) is 0 Å². The second-order valence-corrected chi connectivity index (χ2v) is 5.91. The van der Waals surface area contributed by atoms with Gasteiger partial charge in [-0.15, -0.1) is 0 Å². The molecular weight excluding hydrogens is 266 g/mol. The van der Waals surface area contributed by atoms with Crippen LogP contribution in [0.25, 0.3) is 0 Å². The Hall–Kier alpha value is -1.26. The van der Waals surface area contributed by atoms with Gasteiger partial charge in [0.1, 0.15) is 6.10 Å². The summed E-state index contributed by atoms with van der Waals surface area (Å²) in [5, 5.41) is 3.46. The van der Waals surface area contributed by atoms with E-state index in [1.54, 1.807) is 7.11 Å². The summed E-state index contributed by atoms with van der Waals surface area (Å²) in [5.74, 6) is 2.25. The highest BCUT2D eigenvalue weighted by Gasteiger charge is 2.20. The number of methoxy groups -OCH3 is 1. The zero-order valence-electron chi connectivity index (χ0n) is 12.8. The van der Waals surface area contributed by atoms with Crippen molar-refractivity contribution in [3.8, 4) is 11.5 Å². The molecule has 2 heterocycles. The van der Waals surface area contributed by atoms with E-state index in [0.29, 0.717) is 12.5 Å². The molecule has 2 aliphatic rings. The fraction of sp³-hybridized carbons (Fsp3) is 0.647. The van der Waals surface area contributed by atoms with Crippen molar-refractivity contribution in [2.75, 3.05) is 33.4 Å². The van der Waals surface area contributed by atoms with Crippen LogP contribution in [0.1, 0.15) is 37.2 Å². The number of hydrogen-bond donors (Lipinski definition) is 1. The molecule has 116 valence electrons. The van der Waals surface area contributed by atoms with Crippen LogP contribution in [0, 0.1) is 0 Å². The smallest absolute Gasteiger partial charge is 0.161 e. The molecule has 21 heavy (non-hydrogen) atoms. The zero-order chi connectivity index (χ0) is 14.5. The van der Waals surface area contributed by atoms with Crippen molar-refractivity contribution >= 4 is 0 Å². The predicted octanol–water partition coefficient (Wildman–Crippen LogP) is 2.72. The lowest BCUT2D eigenvalue weighted by Crippen LogP contribution is -2.29. The minimum absolute atomic E-state index is 0.148. The number of benzene rings is 1. The van der Waals surface area contributed by atoms with Crippen molar-refractivity contribution in [3.05, 3.63) is 23.8 Å². The molecule has 2 fully saturated rings. The highest BCUT2D eigenvalue weighted by molar-refractivity contribution is 5.44. The Labute approximate surface area is 126 Å². The first-order valence-corrected chi connectivity index (χ1v) is 8.00. The molecule has 0 radical (unpaired) electrons. The molecular formula is C17H25NO3. The van der Waals surface area contributed by atoms with E-state index >= 15 is 0 Å². The third kappa shape index (κ3) is 3.69. The predicted molar refractivity (Wildman–Crippen MR) is 82.3 cm³/mol. The first kappa shape index (κ1) is 14.7. The van der Waals surface area contributed by atoms with E-state index in [0.717, 1.165) is 44.0 Å². The largest absolute Gasteiger partial charge is 0.493 e. The summed E-state index contributed by atoms with van der Waals surface area (Å²) in [7, 11) is 1.71. The standard InChI is InChI=1S/C17H25NO3/c1-19-17-10-13(14-4-2-8-18-11-14)6-7-16(17)21-15-5-3-9-20-12-15/h6-7,10,14-15,18H,2-5,8-9,11-12H2,1H3. The van der Waals surface area contributed by atoms with Crippen molar-refractivity contribution in [3.63, 3.8) is 0 Å². The fourth-order valence-electron chi connectivity index (χ4n) is 3.16. The molecule has 2 aliphatic heterocycles. The van der Waals surface area contributed by atoms with Crippen LogP contribution >= 0.6 is 0 Å². The van der Waals surface area contributed by atoms with Gasteiger partial charge in [0, 0.05) is 13.2 Å². The van der Waals surface area contributed by atoms with E-state index in [2.05, 4.69) is 23.5 Å². The highest BCUT2D eigenvalue weighted by atomic mass is 16.5. The maximum absolute atomic E-state index is 6.05. The fourth-order valence-corrected chi connectivity index (χ4v) is 3.16. The topological polar surface area (TPSA) is 39.7 Å². The summed E-state index contributed by atoms with van der Waals surface area (Å²) in [4.78, 5) is 0. The Morgan fingerprint density at radius 1 is 1.19 bits per heavy atom. The highest BCUT2D eigenvalue weighted by Crippen LogP contribution is 2.34. The van der Waals surface area contributed by atoms with Crippen molar-refractivity contribution in [1.29, 1.82) is 0 Å². The Morgan fingerprint density at radius 2 is 2.14 bits per heavy atom. The maximum atomic E-state index is 6.05. The van der Waals surface area contributed by atoms with Crippen LogP contribution in [-0.2, 0) is 4.74 Å². The molecule has 2 atom stereocenters. The maximum Gasteiger partial charge on any atom is 0.161 e. The summed E-state index contributed by atoms with van der Waals surface area (Å²) in [5.41, 5.74) is 1.34. The molecule has 0 saturated carbocycles. The van der Waals surface area contributed by atoms with Crippen LogP contribution in [0.4, 0.5) is 0 Å². The molecule has 0 spiro atoms. The van der Waals surface area contributed by atoms with Gasteiger partial charge in [-0.05, 0) is 55.8 Å². The van der Waals surface area contributed by atoms with Gasteiger partial charge in [-0.25, -0.2) is 0 Å². The molecule has 1 aromatic rings. The summed E-state index contributed by atoms with van der Waals surface area (Å²) in [6, 6.07) is 6.37. The van der Waals surface area contributed by atoms with Gasteiger partial charge >= 0.3 is 0 Å². The minimum atomic E-state index is 0.148. The van der Waals surface area contributed by atoms with Gasteiger partial charge in [-0.3, -0.25) is 0 Å². The van der Waals surface area contributed by atoms with Crippen molar-refractivity contribution in [2.45, 2.75) is 37.7 Å². The van der Waals surface area contributed by atoms with E-state index in [1.807, 2.05) is 0 Å². The van der Waals surface area contributed by atoms with Crippen LogP contribution in [0.5, 0.6) is 11.5 Å². The Bertz CT molecular complexity index is 451. The molecule has 2 saturated heterocycles. The summed E-state index contributed by atoms with van der Waals surface area (Å²) >= 11 is 0. The number of hydrogen-bond acceptors (Lipinski definition) is 4. The summed E-state index contributed by atoms with van der Waals surface area (Å²) in [6.07, 6.45) is 4.75. The van der Waals surface area contributed by atoms with Gasteiger partial charge < -0.3 is 19.5 Å². The molecule has 1 aromatic carbocycles. The van der Waals surface area contributed by atoms with Crippen LogP contribution in [0.2, 0.25) is 0 Å². The van der Waals surface area contributed by atoms with E-state index in [4.69, 9.17) is 14.2 Å². The second-order valence-electron chi connectivity index (χ2n) is 5.91. The first-order valence-electron chi connectivity index (χ1n) is 8.00. The van der Waals surface area contributed by atoms with Crippen LogP contribution in [0.15, 0.2) is 18.2 Å². The average Bonchev–Trinajstić information content (AvgIpc) is 2.57. The monoisotopic (exact) mass is 291 g/mol. The third-order valence-electron chi connectivity index (χ3n) is 4.37. The van der Waals surface area contributed by atoms with E-state index in [1.165, 1.54) is 18.4 Å². The Kier molecular flexibility index (Phi) is 4.99. The lowest BCUT2D eigenvalue weighted by atomic mass is 9.91. The molecule has 2 unspecified atom stereocenters. The lowest BCUT2D eigenvalue weighted by Gasteiger charge is -2.26. The Balaban J connectivity index is 1.71. The molecule has 0 aromatic heterocycles. The molecule has 1 N–H and O–H groups in total. The quantitative estimate of drug-likeness (QED) is 0.926. The second kappa shape index (κ2) is 7.14. The average molecular weight is 291 g/mol. The lowest BCUT2D eigenvalue weighted by molar-refractivity contribution is 0.00643. The summed E-state index contributed by atoms with van der Waals surface area (Å²) in [6.45, 7) is 3.72. The molecule has 4 heteroatoms. The van der Waals surface area contributed by atoms with Gasteiger partial charge in [0.15, 0.2) is 11.5 Å². The number of nitrogens with one attached hydrogen (secondary N) is 1. The van der Waals surface area contributed by atoms with Crippen LogP contribution in [-0.4, -0.2) is 39.5 Å². The van der Waals surface area contributed by atoms with E-state index in [9.17, 15) is 0 Å². The van der Waals surface area contributed by atoms with Crippen LogP contribution < -0.4 is 14.8 Å². The SMILES string of the molecule is COc1cc(C2CCCNC2)ccc1OC1CCCOC1. The van der Waals surface area contributed by atoms with Crippen molar-refractivity contribution < 1.29 is 14.2 Å². The number of rotatable bonds is 4. The van der Waals surface area contributed by atoms with Gasteiger partial charge in [0.2, 0.25) is 0 Å². The number of piperidine rings is 1. The first-order chi connectivity index (χ1) is 10.4. The van der Waals surface area contributed by atoms with E-state index < -0.39 is 0 Å². The molecule has 3 rings (SSSR count). The van der Waals surface area contributed by atoms with Gasteiger partial charge in [-0.2, -0.15) is 0 Å². The molecule has 0 aliphatic carbocycles. The summed E-state index contributed by atoms with van der Waals surface area (Å²) < 4.78 is 17.1. The molecule has 0 amide bonds. The van der Waals surface area contributed by atoms with Crippen molar-refractivity contribution in [2.24, 2.45) is 0 Å². The minimum Gasteiger partial charge on any atom is -0.493 e. The zero-order valence-corrected chi connectivity index (χ0v) is 12.8. The van der Waals surface area contributed by atoms with E-state index in [-0.39, 0.29) is 6.10 Å². The van der Waals surface area contributed by atoms with Gasteiger partial charge in [0.05, 0.1) is 13.7 Å². The molecule has 0 bridgehead atoms. The Morgan fingerprint density at radius 3 is 2.86 bits per heavy atom. The molecule has 4 nitrogen and oxygen atoms in total. The third-order valence-corrected chi connectivity index (χ3v) is 4.37. The van der Waals surface area contributed by atoms with Gasteiger partial charge in [-0.1, -0.05) is 6.07 Å².